The molecule has 17 heavy (non-hydrogen) atoms. The molecule has 0 saturated heterocycles. The number of hydrogen-bond donors (Lipinski definition) is 1. The van der Waals surface area contributed by atoms with Gasteiger partial charge in [-0.25, -0.2) is 0 Å². The van der Waals surface area contributed by atoms with Crippen LogP contribution in [-0.2, 0) is 17.6 Å². The Morgan fingerprint density at radius 1 is 1.53 bits per heavy atom. The molecule has 90 valence electrons. The number of benzene rings is 1. The summed E-state index contributed by atoms with van der Waals surface area (Å²) in [5, 5.41) is 13.5. The number of nitro groups is 1. The quantitative estimate of drug-likeness (QED) is 0.626. The first-order chi connectivity index (χ1) is 8.08. The van der Waals surface area contributed by atoms with Gasteiger partial charge in [0.1, 0.15) is 0 Å². The molecular weight excluding hydrogens is 220 g/mol. The summed E-state index contributed by atoms with van der Waals surface area (Å²) in [6.07, 6.45) is 1.64. The van der Waals surface area contributed by atoms with Crippen molar-refractivity contribution in [2.45, 2.75) is 32.2 Å². The summed E-state index contributed by atoms with van der Waals surface area (Å²) in [6.45, 7) is 1.46. The van der Waals surface area contributed by atoms with Crippen molar-refractivity contribution in [2.75, 3.05) is 5.32 Å². The Morgan fingerprint density at radius 3 is 2.94 bits per heavy atom. The molecule has 1 unspecified atom stereocenters. The van der Waals surface area contributed by atoms with Gasteiger partial charge in [0.2, 0.25) is 11.9 Å². The molecule has 5 heteroatoms. The van der Waals surface area contributed by atoms with Crippen molar-refractivity contribution < 1.29 is 9.72 Å². The first-order valence-electron chi connectivity index (χ1n) is 5.60. The number of nitrogens with zero attached hydrogens (tertiary/aromatic N) is 1. The normalized spacial score (nSPS) is 18.3. The largest absolute Gasteiger partial charge is 0.326 e. The molecule has 0 aliphatic heterocycles. The Labute approximate surface area is 99.0 Å². The van der Waals surface area contributed by atoms with Crippen LogP contribution in [-0.4, -0.2) is 16.9 Å². The zero-order valence-corrected chi connectivity index (χ0v) is 9.60. The maximum absolute atomic E-state index is 11.1. The van der Waals surface area contributed by atoms with Crippen molar-refractivity contribution in [1.29, 1.82) is 0 Å². The molecular formula is C12H14N2O3. The van der Waals surface area contributed by atoms with Crippen LogP contribution < -0.4 is 5.32 Å². The van der Waals surface area contributed by atoms with Crippen LogP contribution in [0.25, 0.3) is 0 Å². The number of amides is 1. The molecule has 1 aromatic rings. The highest BCUT2D eigenvalue weighted by Gasteiger charge is 2.28. The molecule has 0 spiro atoms. The third-order valence-corrected chi connectivity index (χ3v) is 3.06. The molecule has 5 nitrogen and oxygen atoms in total. The summed E-state index contributed by atoms with van der Waals surface area (Å²) < 4.78 is 0. The zero-order valence-electron chi connectivity index (χ0n) is 9.60. The standard InChI is InChI=1S/C12H14N2O3/c1-8(15)13-12-4-2-3-9-7-10(14(16)17)5-6-11(9)12/h2-4,10H,5-7H2,1H3,(H,13,15). The first-order valence-corrected chi connectivity index (χ1v) is 5.60. The Hall–Kier alpha value is -1.91. The van der Waals surface area contributed by atoms with Gasteiger partial charge in [-0.3, -0.25) is 14.9 Å². The van der Waals surface area contributed by atoms with Gasteiger partial charge in [-0.15, -0.1) is 0 Å². The van der Waals surface area contributed by atoms with E-state index in [1.165, 1.54) is 6.92 Å². The number of anilines is 1. The van der Waals surface area contributed by atoms with Gasteiger partial charge in [0.05, 0.1) is 0 Å². The number of rotatable bonds is 2. The molecule has 0 fully saturated rings. The highest BCUT2D eigenvalue weighted by atomic mass is 16.6. The van der Waals surface area contributed by atoms with Crippen LogP contribution >= 0.6 is 0 Å². The third kappa shape index (κ3) is 2.43. The molecule has 0 bridgehead atoms. The summed E-state index contributed by atoms with van der Waals surface area (Å²) in [4.78, 5) is 21.6. The second-order valence-electron chi connectivity index (χ2n) is 4.31. The van der Waals surface area contributed by atoms with E-state index in [1.54, 1.807) is 0 Å². The number of nitrogens with one attached hydrogen (secondary N) is 1. The van der Waals surface area contributed by atoms with Crippen LogP contribution in [0.15, 0.2) is 18.2 Å². The van der Waals surface area contributed by atoms with Crippen molar-refractivity contribution >= 4 is 11.6 Å². The van der Waals surface area contributed by atoms with E-state index in [2.05, 4.69) is 5.32 Å². The van der Waals surface area contributed by atoms with Gasteiger partial charge in [-0.05, 0) is 23.6 Å². The lowest BCUT2D eigenvalue weighted by Gasteiger charge is -2.21. The Balaban J connectivity index is 2.29. The predicted octanol–water partition coefficient (Wildman–Crippen LogP) is 1.78. The van der Waals surface area contributed by atoms with E-state index in [-0.39, 0.29) is 10.8 Å². The van der Waals surface area contributed by atoms with E-state index >= 15 is 0 Å². The summed E-state index contributed by atoms with van der Waals surface area (Å²) in [5.74, 6) is -0.116. The Bertz CT molecular complexity index is 471. The van der Waals surface area contributed by atoms with Crippen molar-refractivity contribution in [1.82, 2.24) is 0 Å². The number of fused-ring (bicyclic) bond motifs is 1. The first kappa shape index (κ1) is 11.6. The highest BCUT2D eigenvalue weighted by Crippen LogP contribution is 2.28. The third-order valence-electron chi connectivity index (χ3n) is 3.06. The fraction of sp³-hybridized carbons (Fsp3) is 0.417. The number of carbonyl (C=O) groups excluding carboxylic acids is 1. The predicted molar refractivity (Wildman–Crippen MR) is 63.6 cm³/mol. The lowest BCUT2D eigenvalue weighted by atomic mass is 9.87. The molecule has 1 aliphatic rings. The van der Waals surface area contributed by atoms with E-state index in [0.29, 0.717) is 19.3 Å². The van der Waals surface area contributed by atoms with Gasteiger partial charge in [0.25, 0.3) is 0 Å². The second kappa shape index (κ2) is 4.53. The molecule has 0 aromatic heterocycles. The van der Waals surface area contributed by atoms with Gasteiger partial charge in [0, 0.05) is 30.4 Å². The fourth-order valence-electron chi connectivity index (χ4n) is 2.27. The molecule has 0 saturated carbocycles. The summed E-state index contributed by atoms with van der Waals surface area (Å²) in [7, 11) is 0. The van der Waals surface area contributed by atoms with Crippen LogP contribution in [0.5, 0.6) is 0 Å². The average molecular weight is 234 g/mol. The smallest absolute Gasteiger partial charge is 0.221 e. The highest BCUT2D eigenvalue weighted by molar-refractivity contribution is 5.89. The number of carbonyl (C=O) groups is 1. The van der Waals surface area contributed by atoms with E-state index in [0.717, 1.165) is 16.8 Å². The Morgan fingerprint density at radius 2 is 2.29 bits per heavy atom. The topological polar surface area (TPSA) is 72.2 Å². The fourth-order valence-corrected chi connectivity index (χ4v) is 2.27. The van der Waals surface area contributed by atoms with Gasteiger partial charge in [-0.1, -0.05) is 12.1 Å². The second-order valence-corrected chi connectivity index (χ2v) is 4.31. The van der Waals surface area contributed by atoms with Gasteiger partial charge in [-0.2, -0.15) is 0 Å². The van der Waals surface area contributed by atoms with E-state index in [9.17, 15) is 14.9 Å². The van der Waals surface area contributed by atoms with Crippen LogP contribution in [0.3, 0.4) is 0 Å². The van der Waals surface area contributed by atoms with E-state index in [4.69, 9.17) is 0 Å². The Kier molecular flexibility index (Phi) is 3.08. The van der Waals surface area contributed by atoms with Crippen LogP contribution in [0, 0.1) is 10.1 Å². The van der Waals surface area contributed by atoms with Crippen LogP contribution in [0.2, 0.25) is 0 Å². The minimum absolute atomic E-state index is 0.116. The monoisotopic (exact) mass is 234 g/mol. The molecule has 0 heterocycles. The molecule has 2 rings (SSSR count). The molecule has 0 radical (unpaired) electrons. The molecule has 1 aliphatic carbocycles. The van der Waals surface area contributed by atoms with Gasteiger partial charge >= 0.3 is 0 Å². The lowest BCUT2D eigenvalue weighted by Crippen LogP contribution is -2.28. The van der Waals surface area contributed by atoms with E-state index < -0.39 is 6.04 Å². The summed E-state index contributed by atoms with van der Waals surface area (Å²) >= 11 is 0. The zero-order chi connectivity index (χ0) is 12.4. The molecule has 1 atom stereocenters. The molecule has 1 amide bonds. The maximum Gasteiger partial charge on any atom is 0.221 e. The average Bonchev–Trinajstić information content (AvgIpc) is 2.28. The van der Waals surface area contributed by atoms with Gasteiger partial charge < -0.3 is 5.32 Å². The molecule has 1 N–H and O–H groups in total. The molecule has 1 aromatic carbocycles. The van der Waals surface area contributed by atoms with Crippen molar-refractivity contribution in [3.63, 3.8) is 0 Å². The lowest BCUT2D eigenvalue weighted by molar-refractivity contribution is -0.523. The van der Waals surface area contributed by atoms with Crippen molar-refractivity contribution in [3.05, 3.63) is 39.4 Å². The minimum Gasteiger partial charge on any atom is -0.326 e. The van der Waals surface area contributed by atoms with Crippen LogP contribution in [0.1, 0.15) is 24.5 Å². The number of hydrogen-bond acceptors (Lipinski definition) is 3. The van der Waals surface area contributed by atoms with Crippen molar-refractivity contribution in [3.8, 4) is 0 Å². The van der Waals surface area contributed by atoms with Crippen molar-refractivity contribution in [2.24, 2.45) is 0 Å². The van der Waals surface area contributed by atoms with Gasteiger partial charge in [0.15, 0.2) is 0 Å². The summed E-state index contributed by atoms with van der Waals surface area (Å²) in [6, 6.07) is 5.07. The van der Waals surface area contributed by atoms with Crippen LogP contribution in [0.4, 0.5) is 5.69 Å². The maximum atomic E-state index is 11.1. The SMILES string of the molecule is CC(=O)Nc1cccc2c1CCC([N+](=O)[O-])C2. The summed E-state index contributed by atoms with van der Waals surface area (Å²) in [5.41, 5.74) is 2.81. The van der Waals surface area contributed by atoms with E-state index in [1.807, 2.05) is 18.2 Å². The minimum atomic E-state index is -0.491.